The van der Waals surface area contributed by atoms with Gasteiger partial charge in [-0.05, 0) is 37.6 Å². The van der Waals surface area contributed by atoms with Gasteiger partial charge in [0.25, 0.3) is 9.05 Å². The molecule has 1 fully saturated rings. The van der Waals surface area contributed by atoms with E-state index < -0.39 is 9.05 Å². The van der Waals surface area contributed by atoms with Gasteiger partial charge in [-0.2, -0.15) is 0 Å². The number of methoxy groups -OCH3 is 2. The van der Waals surface area contributed by atoms with Crippen LogP contribution in [0.5, 0.6) is 11.5 Å². The zero-order chi connectivity index (χ0) is 15.5. The highest BCUT2D eigenvalue weighted by molar-refractivity contribution is 8.13. The van der Waals surface area contributed by atoms with E-state index in [0.717, 1.165) is 25.9 Å². The van der Waals surface area contributed by atoms with E-state index >= 15 is 0 Å². The van der Waals surface area contributed by atoms with Crippen molar-refractivity contribution in [2.24, 2.45) is 0 Å². The number of ether oxygens (including phenoxy) is 2. The Bertz CT molecular complexity index is 597. The molecule has 5 nitrogen and oxygen atoms in total. The summed E-state index contributed by atoms with van der Waals surface area (Å²) in [6, 6.07) is 3.13. The van der Waals surface area contributed by atoms with Crippen molar-refractivity contribution in [3.8, 4) is 11.5 Å². The first-order chi connectivity index (χ1) is 9.95. The van der Waals surface area contributed by atoms with E-state index in [4.69, 9.17) is 20.2 Å². The fraction of sp³-hybridized carbons (Fsp3) is 0.571. The van der Waals surface area contributed by atoms with E-state index in [-0.39, 0.29) is 4.90 Å². The lowest BCUT2D eigenvalue weighted by Crippen LogP contribution is -2.29. The van der Waals surface area contributed by atoms with Crippen molar-refractivity contribution in [2.45, 2.75) is 30.7 Å². The smallest absolute Gasteiger partial charge is 0.261 e. The van der Waals surface area contributed by atoms with Gasteiger partial charge in [0.05, 0.1) is 19.1 Å². The van der Waals surface area contributed by atoms with Gasteiger partial charge in [0.1, 0.15) is 0 Å². The molecule has 118 valence electrons. The Kier molecular flexibility index (Phi) is 5.35. The molecule has 0 aliphatic carbocycles. The van der Waals surface area contributed by atoms with Gasteiger partial charge in [-0.1, -0.05) is 6.42 Å². The maximum Gasteiger partial charge on any atom is 0.261 e. The van der Waals surface area contributed by atoms with Crippen LogP contribution < -0.4 is 9.47 Å². The van der Waals surface area contributed by atoms with E-state index in [9.17, 15) is 8.42 Å². The predicted molar refractivity (Wildman–Crippen MR) is 81.7 cm³/mol. The van der Waals surface area contributed by atoms with Crippen LogP contribution >= 0.6 is 10.7 Å². The van der Waals surface area contributed by atoms with Crippen molar-refractivity contribution in [1.82, 2.24) is 4.90 Å². The molecule has 1 aromatic rings. The average molecular weight is 334 g/mol. The van der Waals surface area contributed by atoms with Gasteiger partial charge >= 0.3 is 0 Å². The summed E-state index contributed by atoms with van der Waals surface area (Å²) in [5.74, 6) is 0.868. The normalized spacial score (nSPS) is 16.7. The minimum atomic E-state index is -3.83. The molecular formula is C14H20ClNO4S. The Hall–Kier alpha value is -0.980. The molecule has 2 rings (SSSR count). The average Bonchev–Trinajstić information content (AvgIpc) is 2.46. The monoisotopic (exact) mass is 333 g/mol. The van der Waals surface area contributed by atoms with Gasteiger partial charge in [-0.3, -0.25) is 4.90 Å². The molecule has 0 amide bonds. The van der Waals surface area contributed by atoms with Crippen molar-refractivity contribution in [3.63, 3.8) is 0 Å². The van der Waals surface area contributed by atoms with Crippen LogP contribution in [0.25, 0.3) is 0 Å². The molecule has 0 atom stereocenters. The molecule has 1 aromatic carbocycles. The van der Waals surface area contributed by atoms with Crippen molar-refractivity contribution < 1.29 is 17.9 Å². The van der Waals surface area contributed by atoms with Crippen molar-refractivity contribution >= 4 is 19.7 Å². The third-order valence-electron chi connectivity index (χ3n) is 3.67. The molecular weight excluding hydrogens is 314 g/mol. The lowest BCUT2D eigenvalue weighted by molar-refractivity contribution is 0.219. The minimum Gasteiger partial charge on any atom is -0.493 e. The Balaban J connectivity index is 2.41. The molecule has 7 heteroatoms. The van der Waals surface area contributed by atoms with E-state index in [1.165, 1.54) is 26.7 Å². The number of piperidine rings is 1. The molecule has 0 aromatic heterocycles. The highest BCUT2D eigenvalue weighted by Crippen LogP contribution is 2.35. The second-order valence-corrected chi connectivity index (χ2v) is 7.62. The second-order valence-electron chi connectivity index (χ2n) is 5.09. The van der Waals surface area contributed by atoms with E-state index in [1.807, 2.05) is 0 Å². The highest BCUT2D eigenvalue weighted by Gasteiger charge is 2.22. The van der Waals surface area contributed by atoms with Crippen molar-refractivity contribution in [2.75, 3.05) is 27.3 Å². The zero-order valence-electron chi connectivity index (χ0n) is 12.3. The number of benzene rings is 1. The molecule has 1 saturated heterocycles. The summed E-state index contributed by atoms with van der Waals surface area (Å²) in [6.07, 6.45) is 3.50. The Morgan fingerprint density at radius 2 is 1.67 bits per heavy atom. The predicted octanol–water partition coefficient (Wildman–Crippen LogP) is 2.62. The molecule has 0 saturated carbocycles. The van der Waals surface area contributed by atoms with Gasteiger partial charge in [0.2, 0.25) is 0 Å². The lowest BCUT2D eigenvalue weighted by Gasteiger charge is -2.27. The maximum absolute atomic E-state index is 11.8. The largest absolute Gasteiger partial charge is 0.493 e. The van der Waals surface area contributed by atoms with Gasteiger partial charge in [0.15, 0.2) is 11.5 Å². The number of rotatable bonds is 5. The van der Waals surface area contributed by atoms with E-state index in [0.29, 0.717) is 23.6 Å². The zero-order valence-corrected chi connectivity index (χ0v) is 13.8. The topological polar surface area (TPSA) is 55.8 Å². The molecule has 0 bridgehead atoms. The molecule has 1 heterocycles. The molecule has 0 N–H and O–H groups in total. The molecule has 1 aliphatic rings. The summed E-state index contributed by atoms with van der Waals surface area (Å²) in [7, 11) is 4.72. The Morgan fingerprint density at radius 3 is 2.19 bits per heavy atom. The van der Waals surface area contributed by atoms with Crippen molar-refractivity contribution in [1.29, 1.82) is 0 Å². The summed E-state index contributed by atoms with van der Waals surface area (Å²) in [5.41, 5.74) is 0.643. The SMILES string of the molecule is COc1cc(CN2CCCCC2)c(S(=O)(=O)Cl)cc1OC. The van der Waals surface area contributed by atoms with Crippen LogP contribution in [0.3, 0.4) is 0 Å². The number of halogens is 1. The van der Waals surface area contributed by atoms with Gasteiger partial charge in [-0.25, -0.2) is 8.42 Å². The first-order valence-corrected chi connectivity index (χ1v) is 9.18. The quantitative estimate of drug-likeness (QED) is 0.775. The standard InChI is InChI=1S/C14H20ClNO4S/c1-19-12-8-11(10-16-6-4-3-5-7-16)14(21(15,17)18)9-13(12)20-2/h8-9H,3-7,10H2,1-2H3. The van der Waals surface area contributed by atoms with Gasteiger partial charge in [-0.15, -0.1) is 0 Å². The van der Waals surface area contributed by atoms with Gasteiger partial charge in [0, 0.05) is 23.3 Å². The minimum absolute atomic E-state index is 0.0902. The third kappa shape index (κ3) is 4.02. The van der Waals surface area contributed by atoms with Crippen LogP contribution in [0.1, 0.15) is 24.8 Å². The van der Waals surface area contributed by atoms with Gasteiger partial charge < -0.3 is 9.47 Å². The number of likely N-dealkylation sites (tertiary alicyclic amines) is 1. The summed E-state index contributed by atoms with van der Waals surface area (Å²) in [4.78, 5) is 2.32. The number of nitrogens with zero attached hydrogens (tertiary/aromatic N) is 1. The lowest BCUT2D eigenvalue weighted by atomic mass is 10.1. The summed E-state index contributed by atoms with van der Waals surface area (Å²) >= 11 is 0. The maximum atomic E-state index is 11.8. The van der Waals surface area contributed by atoms with Crippen molar-refractivity contribution in [3.05, 3.63) is 17.7 Å². The molecule has 0 radical (unpaired) electrons. The highest BCUT2D eigenvalue weighted by atomic mass is 35.7. The van der Waals surface area contributed by atoms with E-state index in [1.54, 1.807) is 6.07 Å². The van der Waals surface area contributed by atoms with Crippen LogP contribution in [0.15, 0.2) is 17.0 Å². The number of hydrogen-bond acceptors (Lipinski definition) is 5. The van der Waals surface area contributed by atoms with Crippen LogP contribution in [0.4, 0.5) is 0 Å². The fourth-order valence-electron chi connectivity index (χ4n) is 2.61. The second kappa shape index (κ2) is 6.85. The first kappa shape index (κ1) is 16.4. The molecule has 1 aliphatic heterocycles. The van der Waals surface area contributed by atoms with Crippen LogP contribution in [0.2, 0.25) is 0 Å². The van der Waals surface area contributed by atoms with E-state index in [2.05, 4.69) is 4.90 Å². The fourth-order valence-corrected chi connectivity index (χ4v) is 3.73. The Morgan fingerprint density at radius 1 is 1.10 bits per heavy atom. The molecule has 21 heavy (non-hydrogen) atoms. The third-order valence-corrected chi connectivity index (χ3v) is 5.08. The van der Waals surface area contributed by atoms with Crippen LogP contribution in [0, 0.1) is 0 Å². The summed E-state index contributed by atoms with van der Waals surface area (Å²) in [5, 5.41) is 0. The first-order valence-electron chi connectivity index (χ1n) is 6.87. The van der Waals surface area contributed by atoms with Crippen LogP contribution in [-0.2, 0) is 15.6 Å². The summed E-state index contributed by atoms with van der Waals surface area (Å²) in [6.45, 7) is 2.48. The molecule has 0 unspecified atom stereocenters. The molecule has 0 spiro atoms. The summed E-state index contributed by atoms with van der Waals surface area (Å²) < 4.78 is 34.0. The number of hydrogen-bond donors (Lipinski definition) is 0. The Labute approximate surface area is 130 Å². The van der Waals surface area contributed by atoms with Crippen LogP contribution in [-0.4, -0.2) is 40.6 Å².